The number of carbonyl (C=O) groups excluding carboxylic acids is 1. The molecule has 3 N–H and O–H groups in total. The van der Waals surface area contributed by atoms with Gasteiger partial charge >= 0.3 is 0 Å². The van der Waals surface area contributed by atoms with Gasteiger partial charge in [0.2, 0.25) is 5.91 Å². The Morgan fingerprint density at radius 3 is 2.76 bits per heavy atom. The average Bonchev–Trinajstić information content (AvgIpc) is 2.78. The molecule has 3 atom stereocenters. The van der Waals surface area contributed by atoms with Crippen LogP contribution in [-0.2, 0) is 9.53 Å². The average molecular weight is 263 g/mol. The van der Waals surface area contributed by atoms with Gasteiger partial charge in [-0.3, -0.25) is 4.79 Å². The van der Waals surface area contributed by atoms with Crippen molar-refractivity contribution in [1.82, 2.24) is 5.32 Å². The van der Waals surface area contributed by atoms with Gasteiger partial charge in [0.1, 0.15) is 0 Å². The summed E-state index contributed by atoms with van der Waals surface area (Å²) in [7, 11) is 0. The third kappa shape index (κ3) is 4.45. The zero-order valence-electron chi connectivity index (χ0n) is 10.2. The number of nitrogens with two attached hydrogens (primary N) is 1. The van der Waals surface area contributed by atoms with Crippen molar-refractivity contribution in [1.29, 1.82) is 0 Å². The first kappa shape index (κ1) is 14.7. The van der Waals surface area contributed by atoms with E-state index in [9.17, 15) is 4.79 Å². The Hall–Kier alpha value is -0.320. The minimum absolute atomic E-state index is 0. The van der Waals surface area contributed by atoms with E-state index in [-0.39, 0.29) is 36.4 Å². The van der Waals surface area contributed by atoms with Gasteiger partial charge in [0.05, 0.1) is 6.10 Å². The summed E-state index contributed by atoms with van der Waals surface area (Å²) >= 11 is 0. The Morgan fingerprint density at radius 2 is 2.12 bits per heavy atom. The molecule has 0 aromatic rings. The molecule has 1 aliphatic heterocycles. The van der Waals surface area contributed by atoms with Crippen LogP contribution in [0.3, 0.4) is 0 Å². The Morgan fingerprint density at radius 1 is 1.29 bits per heavy atom. The smallest absolute Gasteiger partial charge is 0.223 e. The summed E-state index contributed by atoms with van der Waals surface area (Å²) in [5, 5.41) is 3.00. The van der Waals surface area contributed by atoms with Crippen molar-refractivity contribution in [3.8, 4) is 0 Å². The normalized spacial score (nSPS) is 32.9. The second-order valence-corrected chi connectivity index (χ2v) is 5.00. The van der Waals surface area contributed by atoms with E-state index in [0.717, 1.165) is 45.1 Å². The van der Waals surface area contributed by atoms with Crippen LogP contribution in [0.1, 0.15) is 38.5 Å². The van der Waals surface area contributed by atoms with Gasteiger partial charge in [0, 0.05) is 25.1 Å². The molecule has 17 heavy (non-hydrogen) atoms. The highest BCUT2D eigenvalue weighted by atomic mass is 35.5. The second-order valence-electron chi connectivity index (χ2n) is 5.00. The molecule has 2 fully saturated rings. The largest absolute Gasteiger partial charge is 0.376 e. The lowest BCUT2D eigenvalue weighted by Gasteiger charge is -2.26. The number of nitrogens with one attached hydrogen (secondary N) is 1. The molecule has 1 heterocycles. The lowest BCUT2D eigenvalue weighted by molar-refractivity contribution is -0.126. The number of carbonyl (C=O) groups is 1. The van der Waals surface area contributed by atoms with Crippen LogP contribution in [0, 0.1) is 5.92 Å². The SMILES string of the molecule is Cl.NC1CCCC(C(=O)NCC2CCCO2)C1. The molecule has 0 aromatic heterocycles. The van der Waals surface area contributed by atoms with Gasteiger partial charge in [0.25, 0.3) is 0 Å². The predicted molar refractivity (Wildman–Crippen MR) is 69.2 cm³/mol. The van der Waals surface area contributed by atoms with E-state index in [1.54, 1.807) is 0 Å². The number of halogens is 1. The molecule has 5 heteroatoms. The van der Waals surface area contributed by atoms with E-state index < -0.39 is 0 Å². The van der Waals surface area contributed by atoms with Gasteiger partial charge in [-0.05, 0) is 32.1 Å². The topological polar surface area (TPSA) is 64.4 Å². The lowest BCUT2D eigenvalue weighted by atomic mass is 9.85. The number of hydrogen-bond acceptors (Lipinski definition) is 3. The molecular formula is C12H23ClN2O2. The summed E-state index contributed by atoms with van der Waals surface area (Å²) < 4.78 is 5.47. The minimum Gasteiger partial charge on any atom is -0.376 e. The van der Waals surface area contributed by atoms with Crippen LogP contribution >= 0.6 is 12.4 Å². The molecule has 2 rings (SSSR count). The summed E-state index contributed by atoms with van der Waals surface area (Å²) in [6.45, 7) is 1.51. The molecule has 0 radical (unpaired) electrons. The fourth-order valence-electron chi connectivity index (χ4n) is 2.63. The zero-order valence-corrected chi connectivity index (χ0v) is 11.0. The maximum absolute atomic E-state index is 11.9. The monoisotopic (exact) mass is 262 g/mol. The zero-order chi connectivity index (χ0) is 11.4. The molecule has 100 valence electrons. The highest BCUT2D eigenvalue weighted by Crippen LogP contribution is 2.23. The van der Waals surface area contributed by atoms with Crippen molar-refractivity contribution in [2.45, 2.75) is 50.7 Å². The fourth-order valence-corrected chi connectivity index (χ4v) is 2.63. The van der Waals surface area contributed by atoms with Crippen LogP contribution in [-0.4, -0.2) is 31.2 Å². The Kier molecular flexibility index (Phi) is 6.23. The van der Waals surface area contributed by atoms with Crippen molar-refractivity contribution in [3.05, 3.63) is 0 Å². The Bertz CT molecular complexity index is 245. The Labute approximate surface area is 109 Å². The lowest BCUT2D eigenvalue weighted by Crippen LogP contribution is -2.40. The van der Waals surface area contributed by atoms with Crippen molar-refractivity contribution in [3.63, 3.8) is 0 Å². The molecule has 1 saturated carbocycles. The quantitative estimate of drug-likeness (QED) is 0.804. The van der Waals surface area contributed by atoms with Crippen LogP contribution < -0.4 is 11.1 Å². The summed E-state index contributed by atoms with van der Waals surface area (Å²) in [5.74, 6) is 0.302. The fraction of sp³-hybridized carbons (Fsp3) is 0.917. The van der Waals surface area contributed by atoms with E-state index in [1.165, 1.54) is 0 Å². The molecule has 0 aromatic carbocycles. The predicted octanol–water partition coefficient (Wildman–Crippen LogP) is 1.22. The molecule has 4 nitrogen and oxygen atoms in total. The van der Waals surface area contributed by atoms with E-state index in [2.05, 4.69) is 5.32 Å². The second kappa shape index (κ2) is 7.19. The molecular weight excluding hydrogens is 240 g/mol. The van der Waals surface area contributed by atoms with Crippen LogP contribution in [0.5, 0.6) is 0 Å². The van der Waals surface area contributed by atoms with Gasteiger partial charge in [-0.25, -0.2) is 0 Å². The van der Waals surface area contributed by atoms with E-state index in [4.69, 9.17) is 10.5 Å². The van der Waals surface area contributed by atoms with E-state index in [1.807, 2.05) is 0 Å². The molecule has 1 saturated heterocycles. The van der Waals surface area contributed by atoms with Crippen LogP contribution in [0.2, 0.25) is 0 Å². The molecule has 1 amide bonds. The van der Waals surface area contributed by atoms with Crippen LogP contribution in [0.4, 0.5) is 0 Å². The third-order valence-electron chi connectivity index (χ3n) is 3.61. The van der Waals surface area contributed by atoms with Gasteiger partial charge in [-0.1, -0.05) is 6.42 Å². The number of ether oxygens (including phenoxy) is 1. The standard InChI is InChI=1S/C12H22N2O2.ClH/c13-10-4-1-3-9(7-10)12(15)14-8-11-5-2-6-16-11;/h9-11H,1-8,13H2,(H,14,15);1H. The summed E-state index contributed by atoms with van der Waals surface area (Å²) in [6, 6.07) is 0.215. The van der Waals surface area contributed by atoms with Gasteiger partial charge in [-0.2, -0.15) is 0 Å². The number of rotatable bonds is 3. The van der Waals surface area contributed by atoms with E-state index in [0.29, 0.717) is 6.54 Å². The van der Waals surface area contributed by atoms with Crippen molar-refractivity contribution < 1.29 is 9.53 Å². The molecule has 3 unspecified atom stereocenters. The van der Waals surface area contributed by atoms with Crippen molar-refractivity contribution >= 4 is 18.3 Å². The molecule has 0 spiro atoms. The summed E-state index contributed by atoms with van der Waals surface area (Å²) in [6.07, 6.45) is 6.41. The van der Waals surface area contributed by atoms with E-state index >= 15 is 0 Å². The van der Waals surface area contributed by atoms with Crippen LogP contribution in [0.15, 0.2) is 0 Å². The highest BCUT2D eigenvalue weighted by molar-refractivity contribution is 5.85. The maximum Gasteiger partial charge on any atom is 0.223 e. The van der Waals surface area contributed by atoms with Gasteiger partial charge in [0.15, 0.2) is 0 Å². The summed E-state index contributed by atoms with van der Waals surface area (Å²) in [4.78, 5) is 11.9. The highest BCUT2D eigenvalue weighted by Gasteiger charge is 2.26. The Balaban J connectivity index is 0.00000144. The van der Waals surface area contributed by atoms with Crippen molar-refractivity contribution in [2.75, 3.05) is 13.2 Å². The first-order valence-electron chi connectivity index (χ1n) is 6.40. The molecule has 1 aliphatic carbocycles. The first-order valence-corrected chi connectivity index (χ1v) is 6.40. The van der Waals surface area contributed by atoms with Crippen molar-refractivity contribution in [2.24, 2.45) is 11.7 Å². The third-order valence-corrected chi connectivity index (χ3v) is 3.61. The van der Waals surface area contributed by atoms with Crippen LogP contribution in [0.25, 0.3) is 0 Å². The molecule has 2 aliphatic rings. The first-order chi connectivity index (χ1) is 7.75. The summed E-state index contributed by atoms with van der Waals surface area (Å²) in [5.41, 5.74) is 5.88. The van der Waals surface area contributed by atoms with Gasteiger partial charge < -0.3 is 15.8 Å². The number of amides is 1. The minimum atomic E-state index is 0. The molecule has 0 bridgehead atoms. The van der Waals surface area contributed by atoms with Gasteiger partial charge in [-0.15, -0.1) is 12.4 Å². The number of hydrogen-bond donors (Lipinski definition) is 2. The maximum atomic E-state index is 11.9.